The number of hydrogen-bond acceptors (Lipinski definition) is 7. The van der Waals surface area contributed by atoms with Crippen LogP contribution in [0.5, 0.6) is 17.2 Å². The van der Waals surface area contributed by atoms with Gasteiger partial charge in [0, 0.05) is 12.0 Å². The fourth-order valence-corrected chi connectivity index (χ4v) is 3.77. The number of methoxy groups -OCH3 is 2. The Morgan fingerprint density at radius 3 is 2.32 bits per heavy atom. The largest absolute Gasteiger partial charge is 0.497 e. The fourth-order valence-electron chi connectivity index (χ4n) is 3.77. The zero-order valence-electron chi connectivity index (χ0n) is 20.7. The van der Waals surface area contributed by atoms with E-state index in [1.54, 1.807) is 48.0 Å². The van der Waals surface area contributed by atoms with Crippen LogP contribution in [-0.4, -0.2) is 49.4 Å². The molecule has 0 saturated heterocycles. The molecule has 0 aromatic heterocycles. The first-order valence-electron chi connectivity index (χ1n) is 11.3. The van der Waals surface area contributed by atoms with E-state index in [9.17, 15) is 9.59 Å². The van der Waals surface area contributed by atoms with Crippen molar-refractivity contribution in [3.05, 3.63) is 53.1 Å². The second-order valence-electron chi connectivity index (χ2n) is 8.95. The third-order valence-electron chi connectivity index (χ3n) is 5.38. The molecule has 3 rings (SSSR count). The highest BCUT2D eigenvalue weighted by Gasteiger charge is 2.39. The number of hydrogen-bond donors (Lipinski definition) is 0. The van der Waals surface area contributed by atoms with Crippen LogP contribution in [0.2, 0.25) is 0 Å². The van der Waals surface area contributed by atoms with Gasteiger partial charge >= 0.3 is 12.1 Å². The Hall–Kier alpha value is -3.42. The van der Waals surface area contributed by atoms with Crippen molar-refractivity contribution in [2.45, 2.75) is 58.9 Å². The first-order chi connectivity index (χ1) is 16.2. The van der Waals surface area contributed by atoms with Gasteiger partial charge in [-0.25, -0.2) is 9.59 Å². The van der Waals surface area contributed by atoms with Crippen molar-refractivity contribution in [1.82, 2.24) is 4.90 Å². The Labute approximate surface area is 200 Å². The fraction of sp³-hybridized carbons (Fsp3) is 0.462. The quantitative estimate of drug-likeness (QED) is 0.550. The molecule has 1 atom stereocenters. The molecular weight excluding hydrogens is 438 g/mol. The van der Waals surface area contributed by atoms with Gasteiger partial charge in [0.2, 0.25) is 0 Å². The summed E-state index contributed by atoms with van der Waals surface area (Å²) in [5.41, 5.74) is 1.93. The Bertz CT molecular complexity index is 1010. The van der Waals surface area contributed by atoms with Crippen molar-refractivity contribution in [2.24, 2.45) is 0 Å². The summed E-state index contributed by atoms with van der Waals surface area (Å²) in [6.45, 7) is 7.81. The molecule has 8 nitrogen and oxygen atoms in total. The van der Waals surface area contributed by atoms with Crippen LogP contribution < -0.4 is 14.2 Å². The molecule has 0 unspecified atom stereocenters. The number of amides is 1. The summed E-state index contributed by atoms with van der Waals surface area (Å²) < 4.78 is 27.8. The highest BCUT2D eigenvalue weighted by molar-refractivity contribution is 5.83. The van der Waals surface area contributed by atoms with E-state index in [2.05, 4.69) is 0 Å². The summed E-state index contributed by atoms with van der Waals surface area (Å²) in [5, 5.41) is 0. The molecule has 1 heterocycles. The van der Waals surface area contributed by atoms with Crippen molar-refractivity contribution >= 4 is 12.1 Å². The molecule has 184 valence electrons. The van der Waals surface area contributed by atoms with Gasteiger partial charge in [0.25, 0.3) is 0 Å². The van der Waals surface area contributed by atoms with Crippen molar-refractivity contribution in [2.75, 3.05) is 20.8 Å². The summed E-state index contributed by atoms with van der Waals surface area (Å²) in [7, 11) is 3.19. The molecule has 0 fully saturated rings. The first-order valence-corrected chi connectivity index (χ1v) is 11.3. The van der Waals surface area contributed by atoms with Gasteiger partial charge in [0.1, 0.15) is 24.0 Å². The third kappa shape index (κ3) is 5.92. The van der Waals surface area contributed by atoms with Gasteiger partial charge in [-0.15, -0.1) is 0 Å². The zero-order chi connectivity index (χ0) is 24.9. The molecule has 0 spiro atoms. The van der Waals surface area contributed by atoms with E-state index in [1.165, 1.54) is 4.90 Å². The van der Waals surface area contributed by atoms with Crippen LogP contribution in [0.3, 0.4) is 0 Å². The van der Waals surface area contributed by atoms with Crippen molar-refractivity contribution in [3.63, 3.8) is 0 Å². The second kappa shape index (κ2) is 10.7. The Morgan fingerprint density at radius 1 is 1.03 bits per heavy atom. The number of carbonyl (C=O) groups is 2. The molecule has 0 radical (unpaired) electrons. The number of nitrogens with zero attached hydrogens (tertiary/aromatic N) is 1. The molecule has 1 aliphatic rings. The molecule has 0 aliphatic carbocycles. The van der Waals surface area contributed by atoms with Crippen LogP contribution in [0.1, 0.15) is 44.4 Å². The second-order valence-corrected chi connectivity index (χ2v) is 8.95. The van der Waals surface area contributed by atoms with Gasteiger partial charge in [-0.05, 0) is 57.0 Å². The number of carbonyl (C=O) groups excluding carboxylic acids is 2. The summed E-state index contributed by atoms with van der Waals surface area (Å²) in [4.78, 5) is 27.2. The van der Waals surface area contributed by atoms with Gasteiger partial charge in [-0.3, -0.25) is 4.90 Å². The number of ether oxygens (including phenoxy) is 5. The lowest BCUT2D eigenvalue weighted by Crippen LogP contribution is -2.50. The van der Waals surface area contributed by atoms with Crippen molar-refractivity contribution in [3.8, 4) is 17.2 Å². The standard InChI is InChI=1S/C26H33NO7/c1-7-32-24(28)21-14-20-18(15-27(21)25(29)34-26(2,3)4)10-13-22(31-6)23(20)33-16-17-8-11-19(30-5)12-9-17/h8-13,21H,7,14-16H2,1-6H3/t21-/m0/s1. The summed E-state index contributed by atoms with van der Waals surface area (Å²) in [6, 6.07) is 10.4. The normalized spacial score (nSPS) is 15.2. The minimum Gasteiger partial charge on any atom is -0.497 e. The molecule has 0 N–H and O–H groups in total. The highest BCUT2D eigenvalue weighted by atomic mass is 16.6. The van der Waals surface area contributed by atoms with E-state index in [0.29, 0.717) is 18.1 Å². The molecule has 1 aliphatic heterocycles. The number of rotatable bonds is 7. The predicted octanol–water partition coefficient (Wildman–Crippen LogP) is 4.51. The van der Waals surface area contributed by atoms with Gasteiger partial charge in [-0.2, -0.15) is 0 Å². The molecular formula is C26H33NO7. The SMILES string of the molecule is CCOC(=O)[C@@H]1Cc2c(ccc(OC)c2OCc2ccc(OC)cc2)CN1C(=O)OC(C)(C)C. The predicted molar refractivity (Wildman–Crippen MR) is 126 cm³/mol. The maximum atomic E-state index is 12.9. The molecule has 0 saturated carbocycles. The van der Waals surface area contributed by atoms with E-state index < -0.39 is 23.7 Å². The topological polar surface area (TPSA) is 83.5 Å². The molecule has 8 heteroatoms. The average molecular weight is 472 g/mol. The van der Waals surface area contributed by atoms with E-state index in [1.807, 2.05) is 30.3 Å². The van der Waals surface area contributed by atoms with Crippen LogP contribution in [0.4, 0.5) is 4.79 Å². The van der Waals surface area contributed by atoms with Crippen LogP contribution in [0, 0.1) is 0 Å². The summed E-state index contributed by atoms with van der Waals surface area (Å²) in [5.74, 6) is 1.38. The molecule has 2 aromatic carbocycles. The number of benzene rings is 2. The minimum atomic E-state index is -0.835. The molecule has 34 heavy (non-hydrogen) atoms. The Kier molecular flexibility index (Phi) is 7.91. The van der Waals surface area contributed by atoms with Crippen molar-refractivity contribution in [1.29, 1.82) is 0 Å². The first kappa shape index (κ1) is 25.2. The lowest BCUT2D eigenvalue weighted by atomic mass is 9.92. The monoisotopic (exact) mass is 471 g/mol. The van der Waals surface area contributed by atoms with Crippen LogP contribution >= 0.6 is 0 Å². The van der Waals surface area contributed by atoms with Gasteiger partial charge < -0.3 is 23.7 Å². The Balaban J connectivity index is 1.93. The Morgan fingerprint density at radius 2 is 1.74 bits per heavy atom. The lowest BCUT2D eigenvalue weighted by Gasteiger charge is -2.37. The molecule has 2 aromatic rings. The van der Waals surface area contributed by atoms with Crippen LogP contribution in [0.15, 0.2) is 36.4 Å². The van der Waals surface area contributed by atoms with E-state index in [4.69, 9.17) is 23.7 Å². The van der Waals surface area contributed by atoms with Gasteiger partial charge in [0.05, 0.1) is 27.4 Å². The number of fused-ring (bicyclic) bond motifs is 1. The van der Waals surface area contributed by atoms with E-state index >= 15 is 0 Å². The highest BCUT2D eigenvalue weighted by Crippen LogP contribution is 2.39. The van der Waals surface area contributed by atoms with E-state index in [0.717, 1.165) is 22.4 Å². The van der Waals surface area contributed by atoms with Crippen LogP contribution in [-0.2, 0) is 33.8 Å². The third-order valence-corrected chi connectivity index (χ3v) is 5.38. The van der Waals surface area contributed by atoms with Gasteiger partial charge in [-0.1, -0.05) is 18.2 Å². The van der Waals surface area contributed by atoms with Crippen LogP contribution in [0.25, 0.3) is 0 Å². The molecule has 1 amide bonds. The van der Waals surface area contributed by atoms with Crippen molar-refractivity contribution < 1.29 is 33.3 Å². The van der Waals surface area contributed by atoms with Gasteiger partial charge in [0.15, 0.2) is 11.5 Å². The zero-order valence-corrected chi connectivity index (χ0v) is 20.7. The average Bonchev–Trinajstić information content (AvgIpc) is 2.80. The maximum Gasteiger partial charge on any atom is 0.411 e. The van der Waals surface area contributed by atoms with E-state index in [-0.39, 0.29) is 19.6 Å². The molecule has 0 bridgehead atoms. The lowest BCUT2D eigenvalue weighted by molar-refractivity contribution is -0.150. The minimum absolute atomic E-state index is 0.191. The number of esters is 1. The maximum absolute atomic E-state index is 12.9. The smallest absolute Gasteiger partial charge is 0.411 e. The summed E-state index contributed by atoms with van der Waals surface area (Å²) in [6.07, 6.45) is -0.338. The summed E-state index contributed by atoms with van der Waals surface area (Å²) >= 11 is 0.